The molecule has 1 heteroatoms. The summed E-state index contributed by atoms with van der Waals surface area (Å²) in [6.07, 6.45) is 2.45. The molecule has 1 saturated heterocycles. The summed E-state index contributed by atoms with van der Waals surface area (Å²) in [7, 11) is 0. The third-order valence-corrected chi connectivity index (χ3v) is 5.47. The molecule has 0 aromatic heterocycles. The predicted octanol–water partition coefficient (Wildman–Crippen LogP) is 5.27. The molecule has 4 rings (SSSR count). The van der Waals surface area contributed by atoms with Gasteiger partial charge in [-0.25, -0.2) is 0 Å². The molecule has 1 heterocycles. The normalized spacial score (nSPS) is 17.3. The SMILES string of the molecule is c1ccc(CN2CCCC(c3ccccc3)(c3ccccc3)C2)cc1. The minimum absolute atomic E-state index is 0.0928. The molecule has 0 saturated carbocycles. The highest BCUT2D eigenvalue weighted by Gasteiger charge is 2.38. The standard InChI is InChI=1S/C24H25N/c1-4-11-21(12-5-1)19-25-18-10-17-24(20-25,22-13-6-2-7-14-22)23-15-8-3-9-16-23/h1-9,11-16H,10,17-20H2. The molecule has 0 unspecified atom stereocenters. The van der Waals surface area contributed by atoms with Gasteiger partial charge in [-0.2, -0.15) is 0 Å². The van der Waals surface area contributed by atoms with Gasteiger partial charge in [-0.15, -0.1) is 0 Å². The summed E-state index contributed by atoms with van der Waals surface area (Å²) in [5.74, 6) is 0. The smallest absolute Gasteiger partial charge is 0.0330 e. The monoisotopic (exact) mass is 327 g/mol. The largest absolute Gasteiger partial charge is 0.298 e. The van der Waals surface area contributed by atoms with Crippen molar-refractivity contribution in [1.82, 2.24) is 4.90 Å². The van der Waals surface area contributed by atoms with Gasteiger partial charge in [0.2, 0.25) is 0 Å². The molecule has 25 heavy (non-hydrogen) atoms. The van der Waals surface area contributed by atoms with Crippen molar-refractivity contribution in [3.63, 3.8) is 0 Å². The van der Waals surface area contributed by atoms with E-state index < -0.39 is 0 Å². The van der Waals surface area contributed by atoms with E-state index in [1.165, 1.54) is 36.1 Å². The lowest BCUT2D eigenvalue weighted by atomic mass is 9.69. The van der Waals surface area contributed by atoms with E-state index in [-0.39, 0.29) is 5.41 Å². The zero-order valence-corrected chi connectivity index (χ0v) is 14.6. The van der Waals surface area contributed by atoms with E-state index in [1.54, 1.807) is 0 Å². The number of nitrogens with zero attached hydrogens (tertiary/aromatic N) is 1. The molecule has 0 radical (unpaired) electrons. The third-order valence-electron chi connectivity index (χ3n) is 5.47. The van der Waals surface area contributed by atoms with Gasteiger partial charge in [0.15, 0.2) is 0 Å². The quantitative estimate of drug-likeness (QED) is 0.631. The van der Waals surface area contributed by atoms with E-state index in [1.807, 2.05) is 0 Å². The maximum atomic E-state index is 2.62. The number of likely N-dealkylation sites (tertiary alicyclic amines) is 1. The van der Waals surface area contributed by atoms with Gasteiger partial charge >= 0.3 is 0 Å². The second-order valence-electron chi connectivity index (χ2n) is 7.11. The lowest BCUT2D eigenvalue weighted by Crippen LogP contribution is -2.46. The van der Waals surface area contributed by atoms with Crippen LogP contribution < -0.4 is 0 Å². The average Bonchev–Trinajstić information content (AvgIpc) is 2.70. The molecule has 0 spiro atoms. The van der Waals surface area contributed by atoms with Crippen LogP contribution in [0.25, 0.3) is 0 Å². The molecule has 0 amide bonds. The first kappa shape index (κ1) is 16.1. The summed E-state index contributed by atoms with van der Waals surface area (Å²) in [6, 6.07) is 33.0. The van der Waals surface area contributed by atoms with Gasteiger partial charge in [0.05, 0.1) is 0 Å². The summed E-state index contributed by atoms with van der Waals surface area (Å²) in [6.45, 7) is 3.29. The van der Waals surface area contributed by atoms with Crippen LogP contribution in [0.3, 0.4) is 0 Å². The molecule has 1 nitrogen and oxygen atoms in total. The molecule has 1 fully saturated rings. The van der Waals surface area contributed by atoms with E-state index in [0.29, 0.717) is 0 Å². The van der Waals surface area contributed by atoms with E-state index in [0.717, 1.165) is 13.1 Å². The lowest BCUT2D eigenvalue weighted by Gasteiger charge is -2.44. The lowest BCUT2D eigenvalue weighted by molar-refractivity contribution is 0.161. The summed E-state index contributed by atoms with van der Waals surface area (Å²) in [5.41, 5.74) is 4.38. The molecular formula is C24H25N. The Balaban J connectivity index is 1.69. The highest BCUT2D eigenvalue weighted by molar-refractivity contribution is 5.40. The van der Waals surface area contributed by atoms with Crippen molar-refractivity contribution in [1.29, 1.82) is 0 Å². The van der Waals surface area contributed by atoms with Crippen molar-refractivity contribution in [2.75, 3.05) is 13.1 Å². The number of piperidine rings is 1. The Labute approximate surface area is 150 Å². The number of hydrogen-bond acceptors (Lipinski definition) is 1. The van der Waals surface area contributed by atoms with Crippen LogP contribution in [0.4, 0.5) is 0 Å². The minimum atomic E-state index is 0.0928. The number of rotatable bonds is 4. The van der Waals surface area contributed by atoms with Crippen LogP contribution in [-0.4, -0.2) is 18.0 Å². The molecule has 1 aliphatic heterocycles. The van der Waals surface area contributed by atoms with Crippen molar-refractivity contribution >= 4 is 0 Å². The van der Waals surface area contributed by atoms with Crippen LogP contribution in [0.5, 0.6) is 0 Å². The van der Waals surface area contributed by atoms with Crippen molar-refractivity contribution in [3.05, 3.63) is 108 Å². The Morgan fingerprint density at radius 3 is 1.76 bits per heavy atom. The molecular weight excluding hydrogens is 302 g/mol. The van der Waals surface area contributed by atoms with Crippen LogP contribution in [-0.2, 0) is 12.0 Å². The summed E-state index contributed by atoms with van der Waals surface area (Å²) in [5, 5.41) is 0. The van der Waals surface area contributed by atoms with Crippen LogP contribution in [0.15, 0.2) is 91.0 Å². The zero-order chi connectivity index (χ0) is 17.0. The van der Waals surface area contributed by atoms with E-state index in [4.69, 9.17) is 0 Å². The van der Waals surface area contributed by atoms with Gasteiger partial charge in [0, 0.05) is 18.5 Å². The van der Waals surface area contributed by atoms with E-state index in [9.17, 15) is 0 Å². The maximum absolute atomic E-state index is 2.62. The number of hydrogen-bond donors (Lipinski definition) is 0. The van der Waals surface area contributed by atoms with Crippen molar-refractivity contribution in [3.8, 4) is 0 Å². The average molecular weight is 327 g/mol. The summed E-state index contributed by atoms with van der Waals surface area (Å²) >= 11 is 0. The van der Waals surface area contributed by atoms with E-state index >= 15 is 0 Å². The Morgan fingerprint density at radius 2 is 1.20 bits per heavy atom. The minimum Gasteiger partial charge on any atom is -0.298 e. The van der Waals surface area contributed by atoms with Crippen molar-refractivity contribution in [2.45, 2.75) is 24.8 Å². The van der Waals surface area contributed by atoms with Crippen LogP contribution in [0.2, 0.25) is 0 Å². The van der Waals surface area contributed by atoms with Gasteiger partial charge in [0.1, 0.15) is 0 Å². The highest BCUT2D eigenvalue weighted by atomic mass is 15.1. The Morgan fingerprint density at radius 1 is 0.680 bits per heavy atom. The fourth-order valence-corrected chi connectivity index (χ4v) is 4.27. The van der Waals surface area contributed by atoms with Crippen LogP contribution in [0.1, 0.15) is 29.5 Å². The van der Waals surface area contributed by atoms with Gasteiger partial charge < -0.3 is 0 Å². The van der Waals surface area contributed by atoms with Crippen LogP contribution >= 0.6 is 0 Å². The molecule has 0 N–H and O–H groups in total. The number of benzene rings is 3. The fourth-order valence-electron chi connectivity index (χ4n) is 4.27. The fraction of sp³-hybridized carbons (Fsp3) is 0.250. The first-order valence-electron chi connectivity index (χ1n) is 9.24. The summed E-state index contributed by atoms with van der Waals surface area (Å²) < 4.78 is 0. The highest BCUT2D eigenvalue weighted by Crippen LogP contribution is 2.40. The van der Waals surface area contributed by atoms with Crippen LogP contribution in [0, 0.1) is 0 Å². The molecule has 3 aromatic carbocycles. The van der Waals surface area contributed by atoms with Gasteiger partial charge in [-0.3, -0.25) is 4.90 Å². The molecule has 1 aliphatic rings. The van der Waals surface area contributed by atoms with Crippen molar-refractivity contribution < 1.29 is 0 Å². The topological polar surface area (TPSA) is 3.24 Å². The molecule has 0 aliphatic carbocycles. The molecule has 0 atom stereocenters. The third kappa shape index (κ3) is 3.38. The molecule has 126 valence electrons. The zero-order valence-electron chi connectivity index (χ0n) is 14.6. The second kappa shape index (κ2) is 7.25. The Hall–Kier alpha value is -2.38. The molecule has 3 aromatic rings. The maximum Gasteiger partial charge on any atom is 0.0330 e. The van der Waals surface area contributed by atoms with Gasteiger partial charge in [-0.1, -0.05) is 91.0 Å². The van der Waals surface area contributed by atoms with Gasteiger partial charge in [0.25, 0.3) is 0 Å². The van der Waals surface area contributed by atoms with Crippen molar-refractivity contribution in [2.24, 2.45) is 0 Å². The Kier molecular flexibility index (Phi) is 4.67. The summed E-state index contributed by atoms with van der Waals surface area (Å²) in [4.78, 5) is 2.62. The first-order chi connectivity index (χ1) is 12.4. The first-order valence-corrected chi connectivity index (χ1v) is 9.24. The Bertz CT molecular complexity index is 741. The predicted molar refractivity (Wildman–Crippen MR) is 105 cm³/mol. The molecule has 0 bridgehead atoms. The second-order valence-corrected chi connectivity index (χ2v) is 7.11. The van der Waals surface area contributed by atoms with E-state index in [2.05, 4.69) is 95.9 Å². The van der Waals surface area contributed by atoms with Gasteiger partial charge in [-0.05, 0) is 36.1 Å².